The molecule has 0 radical (unpaired) electrons. The molecule has 3 heteroatoms. The summed E-state index contributed by atoms with van der Waals surface area (Å²) < 4.78 is 13.3. The van der Waals surface area contributed by atoms with Crippen molar-refractivity contribution in [2.24, 2.45) is 0 Å². The minimum Gasteiger partial charge on any atom is -0.371 e. The molecule has 0 bridgehead atoms. The predicted octanol–water partition coefficient (Wildman–Crippen LogP) is 2.98. The molecule has 0 saturated heterocycles. The van der Waals surface area contributed by atoms with Crippen LogP contribution in [-0.4, -0.2) is 11.3 Å². The molecule has 0 heterocycles. The van der Waals surface area contributed by atoms with Gasteiger partial charge in [0.05, 0.1) is 5.69 Å². The first-order valence-corrected chi connectivity index (χ1v) is 5.57. The lowest BCUT2D eigenvalue weighted by Gasteiger charge is -2.16. The highest BCUT2D eigenvalue weighted by atomic mass is 19.2. The average molecular weight is 221 g/mol. The Morgan fingerprint density at radius 1 is 1.38 bits per heavy atom. The molecule has 1 fully saturated rings. The molecule has 1 saturated carbocycles. The van der Waals surface area contributed by atoms with Crippen LogP contribution >= 0.6 is 0 Å². The molecule has 2 nitrogen and oxygen atoms in total. The normalized spacial score (nSPS) is 15.8. The predicted molar refractivity (Wildman–Crippen MR) is 62.7 cm³/mol. The molecule has 1 aliphatic carbocycles. The maximum atomic E-state index is 13.3. The Bertz CT molecular complexity index is 377. The second-order valence-corrected chi connectivity index (χ2v) is 4.18. The van der Waals surface area contributed by atoms with Crippen molar-refractivity contribution in [3.8, 4) is 0 Å². The Balaban J connectivity index is 2.00. The first-order chi connectivity index (χ1) is 7.66. The Morgan fingerprint density at radius 3 is 2.50 bits per heavy atom. The molecule has 0 spiro atoms. The zero-order valence-corrected chi connectivity index (χ0v) is 9.36. The van der Waals surface area contributed by atoms with Gasteiger partial charge in [-0.05, 0) is 43.9 Å². The fourth-order valence-electron chi connectivity index (χ4n) is 1.53. The van der Waals surface area contributed by atoms with E-state index in [-0.39, 0.29) is 0 Å². The molecule has 16 heavy (non-hydrogen) atoms. The lowest BCUT2D eigenvalue weighted by Crippen LogP contribution is -2.23. The molecule has 0 amide bonds. The van der Waals surface area contributed by atoms with Gasteiger partial charge in [-0.3, -0.25) is 0 Å². The minimum atomic E-state index is -1.11. The van der Waals surface area contributed by atoms with Crippen LogP contribution in [0.3, 0.4) is 0 Å². The van der Waals surface area contributed by atoms with E-state index in [4.69, 9.17) is 5.11 Å². The number of nitrogens with zero attached hydrogens (tertiary/aromatic N) is 1. The Hall–Kier alpha value is -1.35. The number of halogens is 1. The highest BCUT2D eigenvalue weighted by Gasteiger charge is 2.11. The monoisotopic (exact) mass is 221 g/mol. The summed E-state index contributed by atoms with van der Waals surface area (Å²) in [5.41, 5.74) is 3.07. The summed E-state index contributed by atoms with van der Waals surface area (Å²) in [5.74, 6) is 0. The molecule has 0 aromatic heterocycles. The molecule has 2 rings (SSSR count). The van der Waals surface area contributed by atoms with Gasteiger partial charge in [-0.2, -0.15) is 5.12 Å². The first-order valence-electron chi connectivity index (χ1n) is 5.57. The van der Waals surface area contributed by atoms with Gasteiger partial charge in [0.15, 0.2) is 6.23 Å². The van der Waals surface area contributed by atoms with Gasteiger partial charge in [0.25, 0.3) is 0 Å². The Labute approximate surface area is 94.9 Å². The van der Waals surface area contributed by atoms with E-state index in [0.717, 1.165) is 6.42 Å². The molecular formula is C13H16FNO. The standard InChI is InChI=1S/C13H16FNO/c1-10(16)15(14)13-8-6-12(7-9-13)5-4-11-2-3-11/h4,6-10,16H,2-3,5H2,1H3. The van der Waals surface area contributed by atoms with Gasteiger partial charge < -0.3 is 5.11 Å². The summed E-state index contributed by atoms with van der Waals surface area (Å²) in [6.45, 7) is 1.39. The maximum absolute atomic E-state index is 13.3. The topological polar surface area (TPSA) is 23.5 Å². The Morgan fingerprint density at radius 2 is 2.00 bits per heavy atom. The van der Waals surface area contributed by atoms with E-state index in [0.29, 0.717) is 10.8 Å². The van der Waals surface area contributed by atoms with Gasteiger partial charge in [-0.1, -0.05) is 28.3 Å². The smallest absolute Gasteiger partial charge is 0.153 e. The van der Waals surface area contributed by atoms with Crippen LogP contribution in [-0.2, 0) is 6.42 Å². The fourth-order valence-corrected chi connectivity index (χ4v) is 1.53. The number of benzene rings is 1. The van der Waals surface area contributed by atoms with Gasteiger partial charge in [0.2, 0.25) is 0 Å². The number of hydrogen-bond acceptors (Lipinski definition) is 2. The van der Waals surface area contributed by atoms with Gasteiger partial charge in [-0.15, -0.1) is 0 Å². The summed E-state index contributed by atoms with van der Waals surface area (Å²) >= 11 is 0. The SMILES string of the molecule is CC(O)N(F)c1ccc(CC=C2CC2)cc1. The molecule has 1 aromatic carbocycles. The van der Waals surface area contributed by atoms with Crippen molar-refractivity contribution < 1.29 is 9.59 Å². The quantitative estimate of drug-likeness (QED) is 0.480. The molecule has 1 unspecified atom stereocenters. The van der Waals surface area contributed by atoms with Crippen molar-refractivity contribution in [2.75, 3.05) is 5.12 Å². The van der Waals surface area contributed by atoms with Crippen molar-refractivity contribution in [2.45, 2.75) is 32.4 Å². The number of aliphatic hydroxyl groups is 1. The van der Waals surface area contributed by atoms with Gasteiger partial charge in [0.1, 0.15) is 0 Å². The number of anilines is 1. The molecule has 1 aromatic rings. The van der Waals surface area contributed by atoms with Crippen molar-refractivity contribution in [3.05, 3.63) is 41.5 Å². The largest absolute Gasteiger partial charge is 0.371 e. The number of hydrogen-bond donors (Lipinski definition) is 1. The van der Waals surface area contributed by atoms with E-state index in [2.05, 4.69) is 6.08 Å². The zero-order valence-electron chi connectivity index (χ0n) is 9.36. The third-order valence-corrected chi connectivity index (χ3v) is 2.68. The van der Waals surface area contributed by atoms with Crippen LogP contribution in [0.4, 0.5) is 10.2 Å². The van der Waals surface area contributed by atoms with Crippen LogP contribution in [0, 0.1) is 0 Å². The number of rotatable bonds is 4. The summed E-state index contributed by atoms with van der Waals surface area (Å²) in [6.07, 6.45) is 4.50. The number of allylic oxidation sites excluding steroid dienone is 2. The van der Waals surface area contributed by atoms with E-state index < -0.39 is 6.23 Å². The molecule has 86 valence electrons. The third kappa shape index (κ3) is 2.83. The fraction of sp³-hybridized carbons (Fsp3) is 0.385. The van der Waals surface area contributed by atoms with E-state index >= 15 is 0 Å². The third-order valence-electron chi connectivity index (χ3n) is 2.68. The lowest BCUT2D eigenvalue weighted by molar-refractivity contribution is 0.134. The van der Waals surface area contributed by atoms with Crippen molar-refractivity contribution >= 4 is 5.69 Å². The summed E-state index contributed by atoms with van der Waals surface area (Å²) in [6, 6.07) is 7.16. The van der Waals surface area contributed by atoms with Crippen molar-refractivity contribution in [1.82, 2.24) is 0 Å². The highest BCUT2D eigenvalue weighted by Crippen LogP contribution is 2.28. The second-order valence-electron chi connectivity index (χ2n) is 4.18. The number of aliphatic hydroxyl groups excluding tert-OH is 1. The zero-order chi connectivity index (χ0) is 11.5. The summed E-state index contributed by atoms with van der Waals surface area (Å²) in [4.78, 5) is 0. The van der Waals surface area contributed by atoms with Crippen LogP contribution in [0.1, 0.15) is 25.3 Å². The van der Waals surface area contributed by atoms with Crippen LogP contribution in [0.15, 0.2) is 35.9 Å². The van der Waals surface area contributed by atoms with E-state index in [1.807, 2.05) is 12.1 Å². The second kappa shape index (κ2) is 4.66. The Kier molecular flexibility index (Phi) is 3.25. The van der Waals surface area contributed by atoms with E-state index in [1.54, 1.807) is 12.1 Å². The summed E-state index contributed by atoms with van der Waals surface area (Å²) in [7, 11) is 0. The molecular weight excluding hydrogens is 205 g/mol. The van der Waals surface area contributed by atoms with Crippen molar-refractivity contribution in [1.29, 1.82) is 0 Å². The van der Waals surface area contributed by atoms with Crippen LogP contribution in [0.2, 0.25) is 0 Å². The van der Waals surface area contributed by atoms with E-state index in [9.17, 15) is 4.48 Å². The highest BCUT2D eigenvalue weighted by molar-refractivity contribution is 5.45. The van der Waals surface area contributed by atoms with Gasteiger partial charge in [-0.25, -0.2) is 0 Å². The first kappa shape index (κ1) is 11.1. The van der Waals surface area contributed by atoms with Crippen LogP contribution < -0.4 is 5.12 Å². The molecule has 1 atom stereocenters. The molecule has 1 N–H and O–H groups in total. The van der Waals surface area contributed by atoms with Crippen LogP contribution in [0.25, 0.3) is 0 Å². The van der Waals surface area contributed by atoms with Gasteiger partial charge >= 0.3 is 0 Å². The minimum absolute atomic E-state index is 0.350. The summed E-state index contributed by atoms with van der Waals surface area (Å²) in [5, 5.41) is 9.42. The molecule has 0 aliphatic heterocycles. The molecule has 1 aliphatic rings. The maximum Gasteiger partial charge on any atom is 0.153 e. The van der Waals surface area contributed by atoms with E-state index in [1.165, 1.54) is 30.9 Å². The van der Waals surface area contributed by atoms with Crippen molar-refractivity contribution in [3.63, 3.8) is 0 Å². The van der Waals surface area contributed by atoms with Crippen LogP contribution in [0.5, 0.6) is 0 Å². The average Bonchev–Trinajstić information content (AvgIpc) is 3.10. The van der Waals surface area contributed by atoms with Gasteiger partial charge in [0, 0.05) is 0 Å². The lowest BCUT2D eigenvalue weighted by atomic mass is 10.1.